The van der Waals surface area contributed by atoms with Gasteiger partial charge in [0.25, 0.3) is 5.91 Å². The highest BCUT2D eigenvalue weighted by molar-refractivity contribution is 5.94. The zero-order valence-electron chi connectivity index (χ0n) is 9.29. The van der Waals surface area contributed by atoms with Crippen LogP contribution in [0.15, 0.2) is 18.2 Å². The second-order valence-corrected chi connectivity index (χ2v) is 3.74. The normalized spacial score (nSPS) is 11.6. The fourth-order valence-electron chi connectivity index (χ4n) is 1.43. The van der Waals surface area contributed by atoms with Crippen molar-refractivity contribution in [3.8, 4) is 12.3 Å². The molecule has 1 rings (SSSR count). The second kappa shape index (κ2) is 4.65. The van der Waals surface area contributed by atoms with E-state index in [0.29, 0.717) is 5.56 Å². The van der Waals surface area contributed by atoms with Crippen molar-refractivity contribution in [3.05, 3.63) is 34.9 Å². The van der Waals surface area contributed by atoms with Gasteiger partial charge in [-0.3, -0.25) is 4.79 Å². The summed E-state index contributed by atoms with van der Waals surface area (Å²) in [7, 11) is 0. The number of benzene rings is 1. The smallest absolute Gasteiger partial charge is 0.252 e. The van der Waals surface area contributed by atoms with E-state index in [4.69, 9.17) is 6.42 Å². The Bertz CT molecular complexity index is 395. The molecule has 1 aromatic carbocycles. The quantitative estimate of drug-likeness (QED) is 0.729. The number of terminal acetylenes is 1. The molecule has 0 fully saturated rings. The molecule has 1 atom stereocenters. The lowest BCUT2D eigenvalue weighted by Crippen LogP contribution is -2.31. The van der Waals surface area contributed by atoms with Crippen LogP contribution in [-0.4, -0.2) is 11.9 Å². The van der Waals surface area contributed by atoms with E-state index < -0.39 is 0 Å². The van der Waals surface area contributed by atoms with Crippen molar-refractivity contribution >= 4 is 5.91 Å². The van der Waals surface area contributed by atoms with Crippen LogP contribution in [0.3, 0.4) is 0 Å². The first-order valence-corrected chi connectivity index (χ1v) is 4.88. The van der Waals surface area contributed by atoms with Crippen LogP contribution in [0.4, 0.5) is 0 Å². The number of rotatable bonds is 2. The molecule has 0 aliphatic rings. The summed E-state index contributed by atoms with van der Waals surface area (Å²) in [6.45, 7) is 5.71. The summed E-state index contributed by atoms with van der Waals surface area (Å²) >= 11 is 0. The predicted molar refractivity (Wildman–Crippen MR) is 61.7 cm³/mol. The monoisotopic (exact) mass is 201 g/mol. The molecule has 0 bridgehead atoms. The van der Waals surface area contributed by atoms with Crippen LogP contribution in [0.1, 0.15) is 28.4 Å². The summed E-state index contributed by atoms with van der Waals surface area (Å²) in [5.41, 5.74) is 2.82. The Morgan fingerprint density at radius 1 is 1.33 bits per heavy atom. The van der Waals surface area contributed by atoms with Gasteiger partial charge in [-0.2, -0.15) is 0 Å². The molecule has 2 heteroatoms. The van der Waals surface area contributed by atoms with Crippen molar-refractivity contribution in [1.29, 1.82) is 0 Å². The molecule has 0 saturated carbocycles. The van der Waals surface area contributed by atoms with E-state index >= 15 is 0 Å². The van der Waals surface area contributed by atoms with E-state index in [9.17, 15) is 4.79 Å². The molecular weight excluding hydrogens is 186 g/mol. The standard InChI is InChI=1S/C13H15NO/c1-5-11(4)14-13(15)12-7-9(2)6-10(3)8-12/h1,6-8,11H,2-4H3,(H,14,15). The van der Waals surface area contributed by atoms with Gasteiger partial charge in [-0.05, 0) is 32.9 Å². The van der Waals surface area contributed by atoms with Gasteiger partial charge in [0.05, 0.1) is 6.04 Å². The Morgan fingerprint density at radius 2 is 1.87 bits per heavy atom. The number of hydrogen-bond acceptors (Lipinski definition) is 1. The Morgan fingerprint density at radius 3 is 2.33 bits per heavy atom. The second-order valence-electron chi connectivity index (χ2n) is 3.74. The van der Waals surface area contributed by atoms with Crippen LogP contribution in [0.25, 0.3) is 0 Å². The molecule has 0 aliphatic carbocycles. The summed E-state index contributed by atoms with van der Waals surface area (Å²) in [6.07, 6.45) is 5.19. The Labute approximate surface area is 90.7 Å². The third-order valence-corrected chi connectivity index (χ3v) is 2.08. The van der Waals surface area contributed by atoms with Crippen molar-refractivity contribution < 1.29 is 4.79 Å². The Balaban J connectivity index is 2.88. The minimum atomic E-state index is -0.238. The van der Waals surface area contributed by atoms with E-state index in [0.717, 1.165) is 11.1 Å². The summed E-state index contributed by atoms with van der Waals surface area (Å²) in [4.78, 5) is 11.7. The molecule has 15 heavy (non-hydrogen) atoms. The first-order valence-electron chi connectivity index (χ1n) is 4.88. The highest BCUT2D eigenvalue weighted by atomic mass is 16.1. The van der Waals surface area contributed by atoms with Gasteiger partial charge < -0.3 is 5.32 Å². The molecule has 0 radical (unpaired) electrons. The number of amides is 1. The maximum Gasteiger partial charge on any atom is 0.252 e. The number of aryl methyl sites for hydroxylation is 2. The molecule has 0 saturated heterocycles. The molecule has 1 unspecified atom stereocenters. The first-order chi connectivity index (χ1) is 7.02. The maximum absolute atomic E-state index is 11.7. The highest BCUT2D eigenvalue weighted by Gasteiger charge is 2.08. The summed E-state index contributed by atoms with van der Waals surface area (Å²) in [5.74, 6) is 2.34. The number of hydrogen-bond donors (Lipinski definition) is 1. The van der Waals surface area contributed by atoms with Gasteiger partial charge in [0, 0.05) is 5.56 Å². The Hall–Kier alpha value is -1.75. The summed E-state index contributed by atoms with van der Waals surface area (Å²) in [6, 6.07) is 5.50. The molecule has 1 amide bonds. The summed E-state index contributed by atoms with van der Waals surface area (Å²) < 4.78 is 0. The summed E-state index contributed by atoms with van der Waals surface area (Å²) in [5, 5.41) is 2.73. The van der Waals surface area contributed by atoms with Crippen molar-refractivity contribution in [3.63, 3.8) is 0 Å². The Kier molecular flexibility index (Phi) is 3.51. The van der Waals surface area contributed by atoms with Crippen molar-refractivity contribution in [1.82, 2.24) is 5.32 Å². The molecule has 1 N–H and O–H groups in total. The van der Waals surface area contributed by atoms with E-state index in [2.05, 4.69) is 11.2 Å². The van der Waals surface area contributed by atoms with Gasteiger partial charge in [0.1, 0.15) is 0 Å². The van der Waals surface area contributed by atoms with E-state index in [1.807, 2.05) is 32.0 Å². The van der Waals surface area contributed by atoms with Crippen LogP contribution in [0.2, 0.25) is 0 Å². The minimum absolute atomic E-state index is 0.118. The van der Waals surface area contributed by atoms with Crippen LogP contribution >= 0.6 is 0 Å². The average Bonchev–Trinajstić information content (AvgIpc) is 2.16. The third-order valence-electron chi connectivity index (χ3n) is 2.08. The number of carbonyl (C=O) groups is 1. The molecule has 0 heterocycles. The topological polar surface area (TPSA) is 29.1 Å². The van der Waals surface area contributed by atoms with Gasteiger partial charge in [-0.15, -0.1) is 6.42 Å². The maximum atomic E-state index is 11.7. The molecule has 1 aromatic rings. The third kappa shape index (κ3) is 3.14. The SMILES string of the molecule is C#CC(C)NC(=O)c1cc(C)cc(C)c1. The van der Waals surface area contributed by atoms with E-state index in [1.54, 1.807) is 6.92 Å². The molecule has 78 valence electrons. The van der Waals surface area contributed by atoms with Gasteiger partial charge in [0.2, 0.25) is 0 Å². The van der Waals surface area contributed by atoms with E-state index in [-0.39, 0.29) is 11.9 Å². The van der Waals surface area contributed by atoms with Gasteiger partial charge in [-0.25, -0.2) is 0 Å². The molecule has 0 spiro atoms. The molecule has 0 aliphatic heterocycles. The molecule has 2 nitrogen and oxygen atoms in total. The largest absolute Gasteiger partial charge is 0.339 e. The highest BCUT2D eigenvalue weighted by Crippen LogP contribution is 2.08. The van der Waals surface area contributed by atoms with Gasteiger partial charge in [-0.1, -0.05) is 23.1 Å². The lowest BCUT2D eigenvalue weighted by Gasteiger charge is -2.08. The van der Waals surface area contributed by atoms with Crippen molar-refractivity contribution in [2.45, 2.75) is 26.8 Å². The minimum Gasteiger partial charge on any atom is -0.339 e. The zero-order chi connectivity index (χ0) is 11.4. The van der Waals surface area contributed by atoms with Gasteiger partial charge in [0.15, 0.2) is 0 Å². The van der Waals surface area contributed by atoms with Crippen LogP contribution in [0, 0.1) is 26.2 Å². The number of nitrogens with one attached hydrogen (secondary N) is 1. The fraction of sp³-hybridized carbons (Fsp3) is 0.308. The van der Waals surface area contributed by atoms with Crippen molar-refractivity contribution in [2.75, 3.05) is 0 Å². The van der Waals surface area contributed by atoms with Crippen LogP contribution in [0.5, 0.6) is 0 Å². The number of carbonyl (C=O) groups excluding carboxylic acids is 1. The average molecular weight is 201 g/mol. The van der Waals surface area contributed by atoms with Crippen molar-refractivity contribution in [2.24, 2.45) is 0 Å². The predicted octanol–water partition coefficient (Wildman–Crippen LogP) is 2.05. The molecule has 0 aromatic heterocycles. The van der Waals surface area contributed by atoms with Gasteiger partial charge >= 0.3 is 0 Å². The lowest BCUT2D eigenvalue weighted by molar-refractivity contribution is 0.0948. The van der Waals surface area contributed by atoms with Crippen LogP contribution in [-0.2, 0) is 0 Å². The zero-order valence-corrected chi connectivity index (χ0v) is 9.29. The lowest BCUT2D eigenvalue weighted by atomic mass is 10.1. The fourth-order valence-corrected chi connectivity index (χ4v) is 1.43. The van der Waals surface area contributed by atoms with Crippen LogP contribution < -0.4 is 5.32 Å². The van der Waals surface area contributed by atoms with E-state index in [1.165, 1.54) is 0 Å². The molecular formula is C13H15NO. The first kappa shape index (κ1) is 11.3.